The van der Waals surface area contributed by atoms with E-state index in [1.165, 1.54) is 12.3 Å². The first-order chi connectivity index (χ1) is 7.27. The third-order valence-electron chi connectivity index (χ3n) is 1.84. The molecule has 0 aliphatic carbocycles. The average molecular weight is 201 g/mol. The van der Waals surface area contributed by atoms with E-state index < -0.39 is 5.97 Å². The fourth-order valence-electron chi connectivity index (χ4n) is 1.15. The minimum atomic E-state index is -1.01. The first-order valence-corrected chi connectivity index (χ1v) is 4.22. The van der Waals surface area contributed by atoms with Crippen molar-refractivity contribution >= 4 is 5.97 Å². The quantitative estimate of drug-likeness (QED) is 0.790. The predicted molar refractivity (Wildman–Crippen MR) is 52.2 cm³/mol. The Balaban J connectivity index is 2.46. The van der Waals surface area contributed by atoms with Crippen molar-refractivity contribution in [3.63, 3.8) is 0 Å². The zero-order chi connectivity index (χ0) is 10.7. The molecule has 2 rings (SSSR count). The van der Waals surface area contributed by atoms with Crippen LogP contribution in [0.15, 0.2) is 37.1 Å². The molecule has 5 heteroatoms. The number of carboxylic acids is 1. The zero-order valence-electron chi connectivity index (χ0n) is 7.66. The van der Waals surface area contributed by atoms with Gasteiger partial charge in [-0.2, -0.15) is 0 Å². The first kappa shape index (κ1) is 9.26. The minimum Gasteiger partial charge on any atom is -0.478 e. The molecule has 0 saturated carbocycles. The number of carboxylic acid groups (broad SMARTS) is 1. The molecule has 0 saturated heterocycles. The number of nitrogens with zero attached hydrogens (tertiary/aromatic N) is 3. The fourth-order valence-corrected chi connectivity index (χ4v) is 1.15. The fraction of sp³-hybridized carbons (Fsp3) is 0. The van der Waals surface area contributed by atoms with Crippen LogP contribution in [0.4, 0.5) is 0 Å². The molecule has 2 aromatic rings. The highest BCUT2D eigenvalue weighted by molar-refractivity contribution is 5.88. The second kappa shape index (κ2) is 3.83. The summed E-state index contributed by atoms with van der Waals surface area (Å²) in [5.74, 6) is -1.01. The van der Waals surface area contributed by atoms with Gasteiger partial charge in [0.2, 0.25) is 0 Å². The smallest absolute Gasteiger partial charge is 0.337 e. The van der Waals surface area contributed by atoms with E-state index in [-0.39, 0.29) is 5.56 Å². The van der Waals surface area contributed by atoms with Crippen molar-refractivity contribution in [2.75, 3.05) is 0 Å². The monoisotopic (exact) mass is 201 g/mol. The summed E-state index contributed by atoms with van der Waals surface area (Å²) in [5.41, 5.74) is 1.38. The SMILES string of the molecule is O=C(O)c1cncc(-c2cnccn2)c1. The van der Waals surface area contributed by atoms with Crippen molar-refractivity contribution in [3.05, 3.63) is 42.6 Å². The van der Waals surface area contributed by atoms with Gasteiger partial charge < -0.3 is 5.11 Å². The van der Waals surface area contributed by atoms with Crippen LogP contribution in [0.3, 0.4) is 0 Å². The van der Waals surface area contributed by atoms with Gasteiger partial charge in [0, 0.05) is 30.4 Å². The lowest BCUT2D eigenvalue weighted by Gasteiger charge is -1.99. The van der Waals surface area contributed by atoms with Crippen LogP contribution in [-0.4, -0.2) is 26.0 Å². The molecule has 0 atom stereocenters. The van der Waals surface area contributed by atoms with Crippen molar-refractivity contribution < 1.29 is 9.90 Å². The molecule has 0 bridgehead atoms. The highest BCUT2D eigenvalue weighted by Gasteiger charge is 2.05. The van der Waals surface area contributed by atoms with Gasteiger partial charge in [-0.3, -0.25) is 15.0 Å². The largest absolute Gasteiger partial charge is 0.478 e. The van der Waals surface area contributed by atoms with Crippen LogP contribution in [0.2, 0.25) is 0 Å². The topological polar surface area (TPSA) is 76.0 Å². The summed E-state index contributed by atoms with van der Waals surface area (Å²) in [6.07, 6.45) is 7.50. The molecule has 2 aromatic heterocycles. The highest BCUT2D eigenvalue weighted by Crippen LogP contribution is 2.15. The Bertz CT molecular complexity index is 485. The van der Waals surface area contributed by atoms with E-state index in [4.69, 9.17) is 5.11 Å². The molecule has 0 spiro atoms. The molecule has 0 fully saturated rings. The third-order valence-corrected chi connectivity index (χ3v) is 1.84. The second-order valence-electron chi connectivity index (χ2n) is 2.86. The molecule has 5 nitrogen and oxygen atoms in total. The van der Waals surface area contributed by atoms with E-state index in [2.05, 4.69) is 15.0 Å². The normalized spacial score (nSPS) is 9.87. The molecule has 0 aromatic carbocycles. The van der Waals surface area contributed by atoms with Crippen molar-refractivity contribution in [1.82, 2.24) is 15.0 Å². The lowest BCUT2D eigenvalue weighted by molar-refractivity contribution is 0.0696. The van der Waals surface area contributed by atoms with E-state index in [9.17, 15) is 4.79 Å². The van der Waals surface area contributed by atoms with E-state index >= 15 is 0 Å². The van der Waals surface area contributed by atoms with Crippen molar-refractivity contribution in [2.45, 2.75) is 0 Å². The molecule has 1 N–H and O–H groups in total. The van der Waals surface area contributed by atoms with Gasteiger partial charge in [0.1, 0.15) is 0 Å². The first-order valence-electron chi connectivity index (χ1n) is 4.22. The van der Waals surface area contributed by atoms with Crippen LogP contribution in [-0.2, 0) is 0 Å². The minimum absolute atomic E-state index is 0.137. The molecule has 0 aliphatic rings. The summed E-state index contributed by atoms with van der Waals surface area (Å²) >= 11 is 0. The van der Waals surface area contributed by atoms with Gasteiger partial charge in [-0.25, -0.2) is 4.79 Å². The number of carbonyl (C=O) groups is 1. The van der Waals surface area contributed by atoms with Crippen molar-refractivity contribution in [3.8, 4) is 11.3 Å². The number of aromatic carboxylic acids is 1. The van der Waals surface area contributed by atoms with Gasteiger partial charge in [-0.1, -0.05) is 0 Å². The summed E-state index contributed by atoms with van der Waals surface area (Å²) in [6, 6.07) is 1.51. The van der Waals surface area contributed by atoms with Gasteiger partial charge in [0.05, 0.1) is 17.5 Å². The van der Waals surface area contributed by atoms with Crippen LogP contribution in [0, 0.1) is 0 Å². The molecule has 74 valence electrons. The van der Waals surface area contributed by atoms with Crippen LogP contribution in [0.25, 0.3) is 11.3 Å². The Morgan fingerprint density at radius 3 is 2.67 bits per heavy atom. The number of hydrogen-bond acceptors (Lipinski definition) is 4. The van der Waals surface area contributed by atoms with Gasteiger partial charge in [-0.05, 0) is 6.07 Å². The van der Waals surface area contributed by atoms with Gasteiger partial charge in [0.15, 0.2) is 0 Å². The number of aromatic nitrogens is 3. The summed E-state index contributed by atoms with van der Waals surface area (Å²) in [4.78, 5) is 22.5. The molecule has 0 radical (unpaired) electrons. The maximum absolute atomic E-state index is 10.7. The Morgan fingerprint density at radius 2 is 2.00 bits per heavy atom. The summed E-state index contributed by atoms with van der Waals surface area (Å²) < 4.78 is 0. The zero-order valence-corrected chi connectivity index (χ0v) is 7.66. The molecule has 0 unspecified atom stereocenters. The maximum atomic E-state index is 10.7. The van der Waals surface area contributed by atoms with E-state index in [0.29, 0.717) is 11.3 Å². The van der Waals surface area contributed by atoms with Crippen LogP contribution >= 0.6 is 0 Å². The van der Waals surface area contributed by atoms with Crippen molar-refractivity contribution in [1.29, 1.82) is 0 Å². The third kappa shape index (κ3) is 1.96. The summed E-state index contributed by atoms with van der Waals surface area (Å²) in [5, 5.41) is 8.78. The number of rotatable bonds is 2. The van der Waals surface area contributed by atoms with Crippen molar-refractivity contribution in [2.24, 2.45) is 0 Å². The second-order valence-corrected chi connectivity index (χ2v) is 2.86. The molecular weight excluding hydrogens is 194 g/mol. The Kier molecular flexibility index (Phi) is 2.37. The van der Waals surface area contributed by atoms with Crippen LogP contribution < -0.4 is 0 Å². The Labute approximate surface area is 85.5 Å². The molecule has 15 heavy (non-hydrogen) atoms. The lowest BCUT2D eigenvalue weighted by Crippen LogP contribution is -1.97. The standard InChI is InChI=1S/C10H7N3O2/c14-10(15)8-3-7(4-12-5-8)9-6-11-1-2-13-9/h1-6H,(H,14,15). The molecule has 2 heterocycles. The number of hydrogen-bond donors (Lipinski definition) is 1. The van der Waals surface area contributed by atoms with Gasteiger partial charge >= 0.3 is 5.97 Å². The Morgan fingerprint density at radius 1 is 1.13 bits per heavy atom. The highest BCUT2D eigenvalue weighted by atomic mass is 16.4. The molecular formula is C10H7N3O2. The summed E-state index contributed by atoms with van der Waals surface area (Å²) in [6.45, 7) is 0. The van der Waals surface area contributed by atoms with Gasteiger partial charge in [0.25, 0.3) is 0 Å². The average Bonchev–Trinajstić information content (AvgIpc) is 2.30. The van der Waals surface area contributed by atoms with Gasteiger partial charge in [-0.15, -0.1) is 0 Å². The molecule has 0 aliphatic heterocycles. The van der Waals surface area contributed by atoms with E-state index in [1.54, 1.807) is 24.8 Å². The lowest BCUT2D eigenvalue weighted by atomic mass is 10.1. The molecule has 0 amide bonds. The predicted octanol–water partition coefficient (Wildman–Crippen LogP) is 1.24. The Hall–Kier alpha value is -2.30. The van der Waals surface area contributed by atoms with E-state index in [1.807, 2.05) is 0 Å². The van der Waals surface area contributed by atoms with Crippen LogP contribution in [0.1, 0.15) is 10.4 Å². The number of pyridine rings is 1. The maximum Gasteiger partial charge on any atom is 0.337 e. The summed E-state index contributed by atoms with van der Waals surface area (Å²) in [7, 11) is 0. The van der Waals surface area contributed by atoms with E-state index in [0.717, 1.165) is 0 Å². The van der Waals surface area contributed by atoms with Crippen LogP contribution in [0.5, 0.6) is 0 Å².